The molecule has 0 amide bonds. The molecule has 2 aliphatic heterocycles. The summed E-state index contributed by atoms with van der Waals surface area (Å²) in [7, 11) is 2.23. The quantitative estimate of drug-likeness (QED) is 0.704. The Morgan fingerprint density at radius 1 is 1.42 bits per heavy atom. The van der Waals surface area contributed by atoms with Gasteiger partial charge in [-0.3, -0.25) is 0 Å². The van der Waals surface area contributed by atoms with E-state index >= 15 is 0 Å². The van der Waals surface area contributed by atoms with Crippen LogP contribution in [-0.4, -0.2) is 63.9 Å². The monoisotopic (exact) mass is 269 g/mol. The van der Waals surface area contributed by atoms with E-state index in [1.807, 2.05) is 0 Å². The molecule has 2 aliphatic rings. The molecule has 0 aromatic rings. The predicted octanol–water partition coefficient (Wildman–Crippen LogP) is 0.932. The molecule has 0 radical (unpaired) electrons. The molecule has 2 saturated heterocycles. The molecule has 2 atom stereocenters. The van der Waals surface area contributed by atoms with Gasteiger partial charge in [0.25, 0.3) is 0 Å². The van der Waals surface area contributed by atoms with Crippen molar-refractivity contribution < 1.29 is 4.74 Å². The molecule has 2 heterocycles. The van der Waals surface area contributed by atoms with Gasteiger partial charge in [-0.15, -0.1) is 0 Å². The Morgan fingerprint density at radius 3 is 2.89 bits per heavy atom. The van der Waals surface area contributed by atoms with Gasteiger partial charge >= 0.3 is 0 Å². The summed E-state index contributed by atoms with van der Waals surface area (Å²) in [4.78, 5) is 2.45. The first-order valence-corrected chi connectivity index (χ1v) is 7.78. The summed E-state index contributed by atoms with van der Waals surface area (Å²) < 4.78 is 5.48. The molecule has 2 N–H and O–H groups in total. The van der Waals surface area contributed by atoms with Crippen LogP contribution in [0.3, 0.4) is 0 Å². The van der Waals surface area contributed by atoms with Gasteiger partial charge in [0.15, 0.2) is 0 Å². The van der Waals surface area contributed by atoms with Crippen molar-refractivity contribution in [2.24, 2.45) is 11.3 Å². The summed E-state index contributed by atoms with van der Waals surface area (Å²) in [6.07, 6.45) is 2.52. The highest BCUT2D eigenvalue weighted by atomic mass is 16.5. The largest absolute Gasteiger partial charge is 0.379 e. The molecule has 0 spiro atoms. The lowest BCUT2D eigenvalue weighted by Crippen LogP contribution is -2.44. The molecule has 112 valence electrons. The molecule has 4 heteroatoms. The molecule has 0 aromatic carbocycles. The highest BCUT2D eigenvalue weighted by Gasteiger charge is 2.33. The second-order valence-electron chi connectivity index (χ2n) is 6.93. The molecule has 0 aromatic heterocycles. The van der Waals surface area contributed by atoms with Crippen molar-refractivity contribution in [2.45, 2.75) is 32.7 Å². The summed E-state index contributed by atoms with van der Waals surface area (Å²) in [5.74, 6) is 0.834. The fourth-order valence-corrected chi connectivity index (χ4v) is 3.21. The number of hydrogen-bond donors (Lipinski definition) is 2. The molecule has 0 aliphatic carbocycles. The Kier molecular flexibility index (Phi) is 5.63. The summed E-state index contributed by atoms with van der Waals surface area (Å²) in [5, 5.41) is 7.16. The topological polar surface area (TPSA) is 36.5 Å². The van der Waals surface area contributed by atoms with Crippen molar-refractivity contribution in [1.29, 1.82) is 0 Å². The van der Waals surface area contributed by atoms with E-state index in [9.17, 15) is 0 Å². The van der Waals surface area contributed by atoms with Gasteiger partial charge in [0, 0.05) is 25.7 Å². The van der Waals surface area contributed by atoms with Crippen LogP contribution in [0.25, 0.3) is 0 Å². The van der Waals surface area contributed by atoms with Gasteiger partial charge in [0.1, 0.15) is 0 Å². The summed E-state index contributed by atoms with van der Waals surface area (Å²) >= 11 is 0. The van der Waals surface area contributed by atoms with Crippen molar-refractivity contribution in [3.63, 3.8) is 0 Å². The minimum atomic E-state index is 0.404. The summed E-state index contributed by atoms with van der Waals surface area (Å²) in [6, 6.07) is 0.543. The number of nitrogens with zero attached hydrogens (tertiary/aromatic N) is 1. The third kappa shape index (κ3) is 4.71. The molecule has 2 rings (SSSR count). The van der Waals surface area contributed by atoms with E-state index < -0.39 is 0 Å². The van der Waals surface area contributed by atoms with E-state index in [-0.39, 0.29) is 0 Å². The molecule has 4 nitrogen and oxygen atoms in total. The average molecular weight is 269 g/mol. The number of rotatable bonds is 6. The van der Waals surface area contributed by atoms with Gasteiger partial charge in [0.05, 0.1) is 13.2 Å². The standard InChI is InChI=1S/C15H31N3O/c1-15(2,13-5-8-18(3)10-13)12-16-6-4-14-11-19-9-7-17-14/h13-14,16-17H,4-12H2,1-3H3. The molecule has 0 saturated carbocycles. The van der Waals surface area contributed by atoms with Gasteiger partial charge in [-0.2, -0.15) is 0 Å². The van der Waals surface area contributed by atoms with Crippen molar-refractivity contribution in [1.82, 2.24) is 15.5 Å². The van der Waals surface area contributed by atoms with Crippen molar-refractivity contribution >= 4 is 0 Å². The number of nitrogens with one attached hydrogen (secondary N) is 2. The number of likely N-dealkylation sites (tertiary alicyclic amines) is 1. The van der Waals surface area contributed by atoms with E-state index in [1.54, 1.807) is 0 Å². The smallest absolute Gasteiger partial charge is 0.0620 e. The van der Waals surface area contributed by atoms with Gasteiger partial charge in [-0.1, -0.05) is 13.8 Å². The Balaban J connectivity index is 1.61. The second kappa shape index (κ2) is 7.02. The van der Waals surface area contributed by atoms with Crippen molar-refractivity contribution in [2.75, 3.05) is 53.0 Å². The van der Waals surface area contributed by atoms with Crippen LogP contribution in [0.4, 0.5) is 0 Å². The number of ether oxygens (including phenoxy) is 1. The lowest BCUT2D eigenvalue weighted by molar-refractivity contribution is 0.0738. The normalized spacial score (nSPS) is 29.8. The minimum Gasteiger partial charge on any atom is -0.379 e. The number of hydrogen-bond acceptors (Lipinski definition) is 4. The molecule has 0 bridgehead atoms. The van der Waals surface area contributed by atoms with Crippen LogP contribution in [-0.2, 0) is 4.74 Å². The van der Waals surface area contributed by atoms with Crippen LogP contribution < -0.4 is 10.6 Å². The molecular weight excluding hydrogens is 238 g/mol. The first-order chi connectivity index (χ1) is 9.08. The van der Waals surface area contributed by atoms with Gasteiger partial charge in [0.2, 0.25) is 0 Å². The van der Waals surface area contributed by atoms with Gasteiger partial charge in [-0.25, -0.2) is 0 Å². The zero-order valence-corrected chi connectivity index (χ0v) is 12.9. The predicted molar refractivity (Wildman–Crippen MR) is 79.5 cm³/mol. The van der Waals surface area contributed by atoms with Crippen LogP contribution in [0.1, 0.15) is 26.7 Å². The summed E-state index contributed by atoms with van der Waals surface area (Å²) in [6.45, 7) is 12.3. The molecule has 2 unspecified atom stereocenters. The Morgan fingerprint density at radius 2 is 2.26 bits per heavy atom. The zero-order valence-electron chi connectivity index (χ0n) is 12.9. The van der Waals surface area contributed by atoms with Crippen LogP contribution in [0, 0.1) is 11.3 Å². The third-order valence-corrected chi connectivity index (χ3v) is 4.75. The zero-order chi connectivity index (χ0) is 13.7. The van der Waals surface area contributed by atoms with E-state index in [4.69, 9.17) is 4.74 Å². The van der Waals surface area contributed by atoms with E-state index in [2.05, 4.69) is 36.4 Å². The lowest BCUT2D eigenvalue weighted by Gasteiger charge is -2.32. The van der Waals surface area contributed by atoms with E-state index in [0.29, 0.717) is 11.5 Å². The van der Waals surface area contributed by atoms with Crippen LogP contribution in [0.2, 0.25) is 0 Å². The highest BCUT2D eigenvalue weighted by molar-refractivity contribution is 4.87. The summed E-state index contributed by atoms with van der Waals surface area (Å²) in [5.41, 5.74) is 0.404. The average Bonchev–Trinajstić information content (AvgIpc) is 2.84. The molecular formula is C15H31N3O. The number of morpholine rings is 1. The van der Waals surface area contributed by atoms with E-state index in [1.165, 1.54) is 25.9 Å². The lowest BCUT2D eigenvalue weighted by atomic mass is 9.78. The van der Waals surface area contributed by atoms with Gasteiger partial charge < -0.3 is 20.3 Å². The van der Waals surface area contributed by atoms with E-state index in [0.717, 1.165) is 38.8 Å². The Bertz CT molecular complexity index is 264. The van der Waals surface area contributed by atoms with Gasteiger partial charge in [-0.05, 0) is 44.3 Å². The molecule has 2 fully saturated rings. The fraction of sp³-hybridized carbons (Fsp3) is 1.00. The second-order valence-corrected chi connectivity index (χ2v) is 6.93. The maximum Gasteiger partial charge on any atom is 0.0620 e. The Labute approximate surface area is 118 Å². The van der Waals surface area contributed by atoms with Crippen LogP contribution in [0.15, 0.2) is 0 Å². The molecule has 19 heavy (non-hydrogen) atoms. The van der Waals surface area contributed by atoms with Crippen molar-refractivity contribution in [3.05, 3.63) is 0 Å². The SMILES string of the molecule is CN1CCC(C(C)(C)CNCCC2COCCN2)C1. The maximum atomic E-state index is 5.48. The first kappa shape index (κ1) is 15.2. The Hall–Kier alpha value is -0.160. The fourth-order valence-electron chi connectivity index (χ4n) is 3.21. The van der Waals surface area contributed by atoms with Crippen molar-refractivity contribution in [3.8, 4) is 0 Å². The minimum absolute atomic E-state index is 0.404. The van der Waals surface area contributed by atoms with Crippen LogP contribution >= 0.6 is 0 Å². The first-order valence-electron chi connectivity index (χ1n) is 7.78. The van der Waals surface area contributed by atoms with Crippen LogP contribution in [0.5, 0.6) is 0 Å². The highest BCUT2D eigenvalue weighted by Crippen LogP contribution is 2.33. The third-order valence-electron chi connectivity index (χ3n) is 4.75. The maximum absolute atomic E-state index is 5.48.